The Balaban J connectivity index is 1.92. The molecule has 0 aromatic heterocycles. The first-order valence-corrected chi connectivity index (χ1v) is 7.89. The largest absolute Gasteiger partial charge is 0.326 e. The summed E-state index contributed by atoms with van der Waals surface area (Å²) in [5, 5.41) is 13.5. The number of halogens is 1. The predicted octanol–water partition coefficient (Wildman–Crippen LogP) is 4.16. The molecule has 0 aliphatic carbocycles. The third-order valence-corrected chi connectivity index (χ3v) is 4.25. The number of benzene rings is 2. The number of hydrogen-bond donors (Lipinski definition) is 1. The number of rotatable bonds is 6. The van der Waals surface area contributed by atoms with E-state index in [1.807, 2.05) is 0 Å². The van der Waals surface area contributed by atoms with Gasteiger partial charge in [0.1, 0.15) is 5.82 Å². The van der Waals surface area contributed by atoms with Gasteiger partial charge in [0.05, 0.1) is 16.2 Å². The number of nitrogens with zero attached hydrogens (tertiary/aromatic N) is 1. The first-order chi connectivity index (χ1) is 11.0. The molecule has 0 spiro atoms. The molecule has 0 unspecified atom stereocenters. The lowest BCUT2D eigenvalue weighted by Crippen LogP contribution is -2.13. The van der Waals surface area contributed by atoms with Crippen LogP contribution in [-0.2, 0) is 4.79 Å². The molecule has 5 nitrogen and oxygen atoms in total. The van der Waals surface area contributed by atoms with Gasteiger partial charge in [0.15, 0.2) is 0 Å². The topological polar surface area (TPSA) is 72.2 Å². The summed E-state index contributed by atoms with van der Waals surface area (Å²) in [7, 11) is 0. The Kier molecular flexibility index (Phi) is 5.70. The fourth-order valence-electron chi connectivity index (χ4n) is 1.98. The summed E-state index contributed by atoms with van der Waals surface area (Å²) in [5.74, 6) is -0.161. The van der Waals surface area contributed by atoms with Crippen molar-refractivity contribution in [1.82, 2.24) is 0 Å². The molecule has 0 heterocycles. The Morgan fingerprint density at radius 2 is 2.00 bits per heavy atom. The van der Waals surface area contributed by atoms with Crippen LogP contribution in [-0.4, -0.2) is 16.6 Å². The smallest absolute Gasteiger partial charge is 0.274 e. The first kappa shape index (κ1) is 17.0. The minimum absolute atomic E-state index is 0.0384. The molecule has 0 aliphatic heterocycles. The van der Waals surface area contributed by atoms with Crippen LogP contribution >= 0.6 is 11.8 Å². The van der Waals surface area contributed by atoms with Crippen molar-refractivity contribution in [1.29, 1.82) is 0 Å². The molecule has 0 saturated heterocycles. The maximum atomic E-state index is 13.4. The third kappa shape index (κ3) is 4.53. The van der Waals surface area contributed by atoms with Gasteiger partial charge in [-0.15, -0.1) is 11.8 Å². The Bertz CT molecular complexity index is 737. The normalized spacial score (nSPS) is 10.3. The van der Waals surface area contributed by atoms with Gasteiger partial charge in [-0.3, -0.25) is 14.9 Å². The van der Waals surface area contributed by atoms with Gasteiger partial charge in [0, 0.05) is 23.1 Å². The van der Waals surface area contributed by atoms with Gasteiger partial charge < -0.3 is 5.32 Å². The van der Waals surface area contributed by atoms with Crippen LogP contribution in [0, 0.1) is 22.9 Å². The van der Waals surface area contributed by atoms with Gasteiger partial charge in [-0.2, -0.15) is 0 Å². The van der Waals surface area contributed by atoms with Gasteiger partial charge in [0.25, 0.3) is 5.69 Å². The number of hydrogen-bond acceptors (Lipinski definition) is 4. The van der Waals surface area contributed by atoms with Crippen molar-refractivity contribution in [3.05, 3.63) is 64.0 Å². The number of nitrogens with one attached hydrogen (secondary N) is 1. The van der Waals surface area contributed by atoms with E-state index in [2.05, 4.69) is 5.32 Å². The van der Waals surface area contributed by atoms with E-state index in [9.17, 15) is 19.3 Å². The van der Waals surface area contributed by atoms with Crippen LogP contribution in [0.15, 0.2) is 47.4 Å². The molecule has 2 aromatic rings. The highest BCUT2D eigenvalue weighted by atomic mass is 32.2. The lowest BCUT2D eigenvalue weighted by atomic mass is 10.1. The van der Waals surface area contributed by atoms with E-state index in [-0.39, 0.29) is 23.8 Å². The minimum atomic E-state index is -0.487. The number of anilines is 1. The SMILES string of the molecule is Cc1c(NC(=O)CCSc2ccccc2F)cccc1[N+](=O)[O-]. The van der Waals surface area contributed by atoms with Crippen LogP contribution in [0.3, 0.4) is 0 Å². The Hall–Kier alpha value is -2.41. The summed E-state index contributed by atoms with van der Waals surface area (Å²) < 4.78 is 13.4. The molecule has 7 heteroatoms. The number of thioether (sulfide) groups is 1. The highest BCUT2D eigenvalue weighted by Gasteiger charge is 2.14. The molecule has 0 atom stereocenters. The van der Waals surface area contributed by atoms with Crippen LogP contribution in [0.4, 0.5) is 15.8 Å². The highest BCUT2D eigenvalue weighted by Crippen LogP contribution is 2.26. The average molecular weight is 334 g/mol. The van der Waals surface area contributed by atoms with Crippen molar-refractivity contribution in [2.24, 2.45) is 0 Å². The van der Waals surface area contributed by atoms with E-state index >= 15 is 0 Å². The van der Waals surface area contributed by atoms with Crippen molar-refractivity contribution in [2.45, 2.75) is 18.2 Å². The number of carbonyl (C=O) groups excluding carboxylic acids is 1. The molecule has 0 saturated carbocycles. The molecule has 23 heavy (non-hydrogen) atoms. The summed E-state index contributed by atoms with van der Waals surface area (Å²) in [5.41, 5.74) is 0.788. The highest BCUT2D eigenvalue weighted by molar-refractivity contribution is 7.99. The monoisotopic (exact) mass is 334 g/mol. The molecule has 120 valence electrons. The summed E-state index contributed by atoms with van der Waals surface area (Å²) in [4.78, 5) is 22.8. The van der Waals surface area contributed by atoms with Crippen molar-refractivity contribution in [2.75, 3.05) is 11.1 Å². The summed E-state index contributed by atoms with van der Waals surface area (Å²) in [6.45, 7) is 1.59. The number of carbonyl (C=O) groups is 1. The Morgan fingerprint density at radius 3 is 2.70 bits per heavy atom. The maximum Gasteiger partial charge on any atom is 0.274 e. The Labute approximate surface area is 137 Å². The quantitative estimate of drug-likeness (QED) is 0.489. The van der Waals surface area contributed by atoms with Crippen molar-refractivity contribution >= 4 is 29.0 Å². The van der Waals surface area contributed by atoms with Crippen LogP contribution in [0.25, 0.3) is 0 Å². The third-order valence-electron chi connectivity index (χ3n) is 3.20. The zero-order valence-corrected chi connectivity index (χ0v) is 13.2. The average Bonchev–Trinajstić information content (AvgIpc) is 2.51. The molecule has 0 fully saturated rings. The van der Waals surface area contributed by atoms with E-state index in [4.69, 9.17) is 0 Å². The lowest BCUT2D eigenvalue weighted by Gasteiger charge is -2.08. The van der Waals surface area contributed by atoms with E-state index in [0.29, 0.717) is 21.9 Å². The van der Waals surface area contributed by atoms with E-state index in [1.54, 1.807) is 31.2 Å². The van der Waals surface area contributed by atoms with Crippen molar-refractivity contribution < 1.29 is 14.1 Å². The lowest BCUT2D eigenvalue weighted by molar-refractivity contribution is -0.385. The molecule has 1 amide bonds. The molecular weight excluding hydrogens is 319 g/mol. The second-order valence-electron chi connectivity index (χ2n) is 4.78. The summed E-state index contributed by atoms with van der Waals surface area (Å²) in [6.07, 6.45) is 0.182. The molecule has 1 N–H and O–H groups in total. The number of nitro groups is 1. The molecule has 2 rings (SSSR count). The predicted molar refractivity (Wildman–Crippen MR) is 88.2 cm³/mol. The van der Waals surface area contributed by atoms with Crippen molar-refractivity contribution in [3.8, 4) is 0 Å². The van der Waals surface area contributed by atoms with E-state index in [1.165, 1.54) is 30.0 Å². The second-order valence-corrected chi connectivity index (χ2v) is 5.92. The van der Waals surface area contributed by atoms with Crippen LogP contribution in [0.1, 0.15) is 12.0 Å². The van der Waals surface area contributed by atoms with Gasteiger partial charge in [0.2, 0.25) is 5.91 Å². The van der Waals surface area contributed by atoms with Gasteiger partial charge in [-0.05, 0) is 25.1 Å². The number of nitro benzene ring substituents is 1. The minimum Gasteiger partial charge on any atom is -0.326 e. The van der Waals surface area contributed by atoms with Gasteiger partial charge >= 0.3 is 0 Å². The van der Waals surface area contributed by atoms with Crippen LogP contribution < -0.4 is 5.32 Å². The zero-order chi connectivity index (χ0) is 16.8. The van der Waals surface area contributed by atoms with Crippen LogP contribution in [0.5, 0.6) is 0 Å². The van der Waals surface area contributed by atoms with E-state index in [0.717, 1.165) is 0 Å². The zero-order valence-electron chi connectivity index (χ0n) is 12.4. The van der Waals surface area contributed by atoms with Crippen molar-refractivity contribution in [3.63, 3.8) is 0 Å². The van der Waals surface area contributed by atoms with Gasteiger partial charge in [-0.25, -0.2) is 4.39 Å². The fraction of sp³-hybridized carbons (Fsp3) is 0.188. The fourth-order valence-corrected chi connectivity index (χ4v) is 2.87. The first-order valence-electron chi connectivity index (χ1n) is 6.90. The standard InChI is InChI=1S/C16H15FN2O3S/c1-11-13(6-4-7-14(11)19(21)22)18-16(20)9-10-23-15-8-3-2-5-12(15)17/h2-8H,9-10H2,1H3,(H,18,20). The molecular formula is C16H15FN2O3S. The van der Waals surface area contributed by atoms with Crippen LogP contribution in [0.2, 0.25) is 0 Å². The molecule has 0 radical (unpaired) electrons. The van der Waals surface area contributed by atoms with E-state index < -0.39 is 4.92 Å². The summed E-state index contributed by atoms with van der Waals surface area (Å²) >= 11 is 1.25. The number of amides is 1. The molecule has 0 bridgehead atoms. The van der Waals surface area contributed by atoms with Gasteiger partial charge in [-0.1, -0.05) is 18.2 Å². The summed E-state index contributed by atoms with van der Waals surface area (Å²) in [6, 6.07) is 10.9. The Morgan fingerprint density at radius 1 is 1.26 bits per heavy atom. The second kappa shape index (κ2) is 7.73. The molecule has 0 aliphatic rings. The maximum absolute atomic E-state index is 13.4. The molecule has 2 aromatic carbocycles.